The van der Waals surface area contributed by atoms with Crippen molar-refractivity contribution >= 4 is 5.82 Å². The molecule has 1 aromatic rings. The Hall–Kier alpha value is -1.17. The van der Waals surface area contributed by atoms with Crippen LogP contribution in [0.2, 0.25) is 0 Å². The Bertz CT molecular complexity index is 431. The van der Waals surface area contributed by atoms with E-state index in [2.05, 4.69) is 32.2 Å². The Kier molecular flexibility index (Phi) is 3.68. The number of aliphatic hydroxyl groups excluding tert-OH is 1. The summed E-state index contributed by atoms with van der Waals surface area (Å²) < 4.78 is 0. The molecule has 0 aromatic carbocycles. The SMILES string of the molecule is Cc1cccc(N2CCN([C@H]3CNC[C@@H]3O)CC2)n1. The van der Waals surface area contributed by atoms with Crippen LogP contribution in [0, 0.1) is 6.92 Å². The highest BCUT2D eigenvalue weighted by molar-refractivity contribution is 5.39. The highest BCUT2D eigenvalue weighted by atomic mass is 16.3. The first-order valence-electron chi connectivity index (χ1n) is 7.05. The summed E-state index contributed by atoms with van der Waals surface area (Å²) in [5.74, 6) is 1.07. The van der Waals surface area contributed by atoms with Gasteiger partial charge in [-0.15, -0.1) is 0 Å². The van der Waals surface area contributed by atoms with E-state index in [1.165, 1.54) is 0 Å². The molecule has 2 aliphatic rings. The van der Waals surface area contributed by atoms with Crippen LogP contribution in [0.5, 0.6) is 0 Å². The lowest BCUT2D eigenvalue weighted by atomic mass is 10.1. The first-order chi connectivity index (χ1) is 9.24. The van der Waals surface area contributed by atoms with Gasteiger partial charge in [0.2, 0.25) is 0 Å². The van der Waals surface area contributed by atoms with E-state index in [0.29, 0.717) is 0 Å². The third kappa shape index (κ3) is 2.73. The molecule has 3 rings (SSSR count). The molecule has 0 bridgehead atoms. The summed E-state index contributed by atoms with van der Waals surface area (Å²) in [5, 5.41) is 13.2. The summed E-state index contributed by atoms with van der Waals surface area (Å²) in [6.07, 6.45) is -0.219. The van der Waals surface area contributed by atoms with Gasteiger partial charge in [0.25, 0.3) is 0 Å². The third-order valence-electron chi connectivity index (χ3n) is 4.13. The fraction of sp³-hybridized carbons (Fsp3) is 0.643. The van der Waals surface area contributed by atoms with Crippen LogP contribution in [0.25, 0.3) is 0 Å². The molecule has 104 valence electrons. The zero-order valence-electron chi connectivity index (χ0n) is 11.4. The van der Waals surface area contributed by atoms with Crippen LogP contribution in [0.3, 0.4) is 0 Å². The number of aryl methyl sites for hydroxylation is 1. The molecular formula is C14H22N4O. The Morgan fingerprint density at radius 2 is 2.00 bits per heavy atom. The molecule has 0 amide bonds. The summed E-state index contributed by atoms with van der Waals surface area (Å²) in [4.78, 5) is 9.31. The fourth-order valence-corrected chi connectivity index (χ4v) is 3.01. The fourth-order valence-electron chi connectivity index (χ4n) is 3.01. The van der Waals surface area contributed by atoms with E-state index in [4.69, 9.17) is 0 Å². The molecule has 1 aromatic heterocycles. The molecule has 3 heterocycles. The molecule has 2 saturated heterocycles. The minimum atomic E-state index is -0.219. The second-order valence-corrected chi connectivity index (χ2v) is 5.45. The molecule has 0 saturated carbocycles. The van der Waals surface area contributed by atoms with Gasteiger partial charge in [-0.3, -0.25) is 4.90 Å². The molecule has 19 heavy (non-hydrogen) atoms. The number of aliphatic hydroxyl groups is 1. The van der Waals surface area contributed by atoms with Gasteiger partial charge in [0, 0.05) is 51.0 Å². The van der Waals surface area contributed by atoms with Crippen LogP contribution in [-0.4, -0.2) is 66.4 Å². The third-order valence-corrected chi connectivity index (χ3v) is 4.13. The van der Waals surface area contributed by atoms with Crippen molar-refractivity contribution in [2.45, 2.75) is 19.1 Å². The van der Waals surface area contributed by atoms with Crippen LogP contribution in [0.4, 0.5) is 5.82 Å². The van der Waals surface area contributed by atoms with Gasteiger partial charge in [-0.25, -0.2) is 4.98 Å². The molecule has 0 spiro atoms. The number of nitrogens with zero attached hydrogens (tertiary/aromatic N) is 3. The van der Waals surface area contributed by atoms with E-state index in [9.17, 15) is 5.11 Å². The van der Waals surface area contributed by atoms with Gasteiger partial charge in [0.15, 0.2) is 0 Å². The lowest BCUT2D eigenvalue weighted by molar-refractivity contribution is 0.0791. The first kappa shape index (κ1) is 12.8. The van der Waals surface area contributed by atoms with Crippen LogP contribution in [-0.2, 0) is 0 Å². The topological polar surface area (TPSA) is 51.6 Å². The summed E-state index contributed by atoms with van der Waals surface area (Å²) in [6, 6.07) is 6.46. The van der Waals surface area contributed by atoms with E-state index in [-0.39, 0.29) is 12.1 Å². The van der Waals surface area contributed by atoms with Crippen LogP contribution in [0.15, 0.2) is 18.2 Å². The van der Waals surface area contributed by atoms with Gasteiger partial charge in [0.05, 0.1) is 6.10 Å². The van der Waals surface area contributed by atoms with Gasteiger partial charge in [0.1, 0.15) is 5.82 Å². The molecule has 2 N–H and O–H groups in total. The van der Waals surface area contributed by atoms with Crippen molar-refractivity contribution in [2.24, 2.45) is 0 Å². The number of hydrogen-bond donors (Lipinski definition) is 2. The van der Waals surface area contributed by atoms with Gasteiger partial charge in [-0.2, -0.15) is 0 Å². The lowest BCUT2D eigenvalue weighted by Crippen LogP contribution is -2.53. The predicted octanol–water partition coefficient (Wildman–Crippen LogP) is -0.155. The number of rotatable bonds is 2. The van der Waals surface area contributed by atoms with Crippen molar-refractivity contribution in [1.82, 2.24) is 15.2 Å². The minimum absolute atomic E-state index is 0.219. The van der Waals surface area contributed by atoms with Gasteiger partial charge < -0.3 is 15.3 Å². The molecule has 0 radical (unpaired) electrons. The van der Waals surface area contributed by atoms with E-state index < -0.39 is 0 Å². The smallest absolute Gasteiger partial charge is 0.128 e. The van der Waals surface area contributed by atoms with Gasteiger partial charge in [-0.05, 0) is 19.1 Å². The zero-order chi connectivity index (χ0) is 13.2. The Labute approximate surface area is 114 Å². The quantitative estimate of drug-likeness (QED) is 0.776. The Morgan fingerprint density at radius 3 is 2.63 bits per heavy atom. The summed E-state index contributed by atoms with van der Waals surface area (Å²) in [5.41, 5.74) is 1.07. The van der Waals surface area contributed by atoms with Crippen molar-refractivity contribution in [3.63, 3.8) is 0 Å². The molecular weight excluding hydrogens is 240 g/mol. The van der Waals surface area contributed by atoms with Crippen molar-refractivity contribution in [1.29, 1.82) is 0 Å². The predicted molar refractivity (Wildman–Crippen MR) is 75.4 cm³/mol. The number of anilines is 1. The van der Waals surface area contributed by atoms with E-state index >= 15 is 0 Å². The molecule has 5 nitrogen and oxygen atoms in total. The maximum Gasteiger partial charge on any atom is 0.128 e. The minimum Gasteiger partial charge on any atom is -0.390 e. The Morgan fingerprint density at radius 1 is 1.21 bits per heavy atom. The maximum atomic E-state index is 9.93. The maximum absolute atomic E-state index is 9.93. The lowest BCUT2D eigenvalue weighted by Gasteiger charge is -2.39. The van der Waals surface area contributed by atoms with Crippen molar-refractivity contribution in [2.75, 3.05) is 44.2 Å². The number of piperazine rings is 1. The number of aromatic nitrogens is 1. The van der Waals surface area contributed by atoms with Crippen molar-refractivity contribution in [3.05, 3.63) is 23.9 Å². The molecule has 5 heteroatoms. The van der Waals surface area contributed by atoms with Crippen LogP contribution >= 0.6 is 0 Å². The normalized spacial score (nSPS) is 28.8. The molecule has 0 aliphatic carbocycles. The van der Waals surface area contributed by atoms with Crippen LogP contribution in [0.1, 0.15) is 5.69 Å². The first-order valence-corrected chi connectivity index (χ1v) is 7.05. The van der Waals surface area contributed by atoms with Crippen LogP contribution < -0.4 is 10.2 Å². The number of nitrogens with one attached hydrogen (secondary N) is 1. The Balaban J connectivity index is 1.60. The average Bonchev–Trinajstić information content (AvgIpc) is 2.85. The second kappa shape index (κ2) is 5.45. The monoisotopic (exact) mass is 262 g/mol. The van der Waals surface area contributed by atoms with E-state index in [0.717, 1.165) is 50.8 Å². The average molecular weight is 262 g/mol. The molecule has 2 aliphatic heterocycles. The number of hydrogen-bond acceptors (Lipinski definition) is 5. The molecule has 2 atom stereocenters. The zero-order valence-corrected chi connectivity index (χ0v) is 11.4. The summed E-state index contributed by atoms with van der Waals surface area (Å²) >= 11 is 0. The number of pyridine rings is 1. The number of β-amino-alcohol motifs (C(OH)–C–C–N with tert-alkyl or cyclic N) is 1. The summed E-state index contributed by atoms with van der Waals surface area (Å²) in [6.45, 7) is 7.63. The largest absolute Gasteiger partial charge is 0.390 e. The highest BCUT2D eigenvalue weighted by Crippen LogP contribution is 2.17. The second-order valence-electron chi connectivity index (χ2n) is 5.45. The van der Waals surface area contributed by atoms with E-state index in [1.54, 1.807) is 0 Å². The standard InChI is InChI=1S/C14H22N4O/c1-11-3-2-4-14(16-11)18-7-5-17(6-8-18)12-9-15-10-13(12)19/h2-4,12-13,15,19H,5-10H2,1H3/t12-,13-/m0/s1. The molecule has 2 fully saturated rings. The molecule has 0 unspecified atom stereocenters. The van der Waals surface area contributed by atoms with Gasteiger partial charge in [-0.1, -0.05) is 6.07 Å². The van der Waals surface area contributed by atoms with Crippen molar-refractivity contribution < 1.29 is 5.11 Å². The van der Waals surface area contributed by atoms with E-state index in [1.807, 2.05) is 13.0 Å². The highest BCUT2D eigenvalue weighted by Gasteiger charge is 2.32. The van der Waals surface area contributed by atoms with Crippen molar-refractivity contribution in [3.8, 4) is 0 Å². The summed E-state index contributed by atoms with van der Waals surface area (Å²) in [7, 11) is 0. The van der Waals surface area contributed by atoms with Gasteiger partial charge >= 0.3 is 0 Å².